The van der Waals surface area contributed by atoms with Crippen molar-refractivity contribution in [2.24, 2.45) is 45.3 Å². The second-order valence-corrected chi connectivity index (χ2v) is 15.4. The molecule has 2 N–H and O–H groups in total. The van der Waals surface area contributed by atoms with Crippen molar-refractivity contribution in [2.45, 2.75) is 131 Å². The van der Waals surface area contributed by atoms with Gasteiger partial charge in [0.15, 0.2) is 0 Å². The van der Waals surface area contributed by atoms with E-state index in [9.17, 15) is 15.0 Å². The average molecular weight is 517 g/mol. The highest BCUT2D eigenvalue weighted by atomic mass is 16.5. The Labute approximate surface area is 224 Å². The minimum Gasteiger partial charge on any atom is -0.462 e. The SMILES string of the molecule is CC(=O)OC1CCC2(C)C3CCC4(C)C(C5COC(C(C)(C)O)C(O)C5)CCC4(C)C3=CCC2C1(C)C. The number of hydrogen-bond donors (Lipinski definition) is 2. The van der Waals surface area contributed by atoms with Gasteiger partial charge in [0.1, 0.15) is 12.2 Å². The topological polar surface area (TPSA) is 76.0 Å². The smallest absolute Gasteiger partial charge is 0.302 e. The third-order valence-electron chi connectivity index (χ3n) is 12.8. The summed E-state index contributed by atoms with van der Waals surface area (Å²) in [7, 11) is 0. The minimum atomic E-state index is -1.03. The van der Waals surface area contributed by atoms with Crippen molar-refractivity contribution >= 4 is 5.97 Å². The van der Waals surface area contributed by atoms with Gasteiger partial charge in [0, 0.05) is 12.3 Å². The number of fused-ring (bicyclic) bond motifs is 5. The number of aliphatic hydroxyl groups is 2. The molecule has 0 radical (unpaired) electrons. The van der Waals surface area contributed by atoms with Crippen LogP contribution in [0.2, 0.25) is 0 Å². The predicted molar refractivity (Wildman–Crippen MR) is 145 cm³/mol. The molecule has 3 saturated carbocycles. The summed E-state index contributed by atoms with van der Waals surface area (Å²) in [6, 6.07) is 0. The van der Waals surface area contributed by atoms with Crippen molar-refractivity contribution in [2.75, 3.05) is 6.61 Å². The number of carbonyl (C=O) groups is 1. The summed E-state index contributed by atoms with van der Waals surface area (Å²) in [5.74, 6) is 1.81. The molecular formula is C32H52O5. The normalized spacial score (nSPS) is 49.4. The van der Waals surface area contributed by atoms with Gasteiger partial charge in [-0.05, 0) is 105 Å². The van der Waals surface area contributed by atoms with Crippen molar-refractivity contribution in [3.63, 3.8) is 0 Å². The van der Waals surface area contributed by atoms with E-state index in [0.717, 1.165) is 25.7 Å². The summed E-state index contributed by atoms with van der Waals surface area (Å²) >= 11 is 0. The lowest BCUT2D eigenvalue weighted by atomic mass is 9.41. The Hall–Kier alpha value is -0.910. The van der Waals surface area contributed by atoms with Gasteiger partial charge < -0.3 is 19.7 Å². The van der Waals surface area contributed by atoms with Crippen LogP contribution in [-0.4, -0.2) is 46.7 Å². The molecule has 10 unspecified atom stereocenters. The Balaban J connectivity index is 1.41. The second-order valence-electron chi connectivity index (χ2n) is 15.4. The number of hydrogen-bond acceptors (Lipinski definition) is 5. The van der Waals surface area contributed by atoms with Crippen molar-refractivity contribution in [3.05, 3.63) is 11.6 Å². The molecule has 1 aliphatic heterocycles. The van der Waals surface area contributed by atoms with Crippen LogP contribution in [0.25, 0.3) is 0 Å². The first-order chi connectivity index (χ1) is 17.1. The summed E-state index contributed by atoms with van der Waals surface area (Å²) in [6.45, 7) is 17.9. The molecule has 5 heteroatoms. The van der Waals surface area contributed by atoms with E-state index in [-0.39, 0.29) is 33.7 Å². The van der Waals surface area contributed by atoms with Crippen molar-refractivity contribution < 1.29 is 24.5 Å². The summed E-state index contributed by atoms with van der Waals surface area (Å²) in [6.07, 6.45) is 10.2. The van der Waals surface area contributed by atoms with Gasteiger partial charge in [-0.15, -0.1) is 0 Å². The number of allylic oxidation sites excluding steroid dienone is 2. The van der Waals surface area contributed by atoms with E-state index < -0.39 is 17.8 Å². The highest BCUT2D eigenvalue weighted by molar-refractivity contribution is 5.66. The average Bonchev–Trinajstić information content (AvgIpc) is 3.06. The Morgan fingerprint density at radius 3 is 2.41 bits per heavy atom. The van der Waals surface area contributed by atoms with Crippen LogP contribution in [0.1, 0.15) is 107 Å². The van der Waals surface area contributed by atoms with Gasteiger partial charge in [0.2, 0.25) is 0 Å². The van der Waals surface area contributed by atoms with Crippen molar-refractivity contribution in [1.29, 1.82) is 0 Å². The van der Waals surface area contributed by atoms with Crippen molar-refractivity contribution in [3.8, 4) is 0 Å². The maximum Gasteiger partial charge on any atom is 0.302 e. The first-order valence-corrected chi connectivity index (χ1v) is 15.0. The second kappa shape index (κ2) is 8.80. The van der Waals surface area contributed by atoms with E-state index in [2.05, 4.69) is 40.7 Å². The van der Waals surface area contributed by atoms with Gasteiger partial charge in [-0.2, -0.15) is 0 Å². The molecule has 0 amide bonds. The Morgan fingerprint density at radius 2 is 1.78 bits per heavy atom. The molecule has 1 saturated heterocycles. The molecule has 5 rings (SSSR count). The van der Waals surface area contributed by atoms with Gasteiger partial charge in [-0.3, -0.25) is 4.79 Å². The highest BCUT2D eigenvalue weighted by Gasteiger charge is 2.66. The summed E-state index contributed by atoms with van der Waals surface area (Å²) < 4.78 is 12.0. The zero-order valence-electron chi connectivity index (χ0n) is 24.6. The first-order valence-electron chi connectivity index (χ1n) is 15.0. The molecule has 4 fully saturated rings. The largest absolute Gasteiger partial charge is 0.462 e. The van der Waals surface area contributed by atoms with Crippen LogP contribution in [0, 0.1) is 45.3 Å². The molecule has 210 valence electrons. The lowest BCUT2D eigenvalue weighted by molar-refractivity contribution is -0.189. The molecule has 0 aromatic carbocycles. The van der Waals surface area contributed by atoms with Gasteiger partial charge in [-0.25, -0.2) is 0 Å². The number of carbonyl (C=O) groups excluding carboxylic acids is 1. The van der Waals surface area contributed by atoms with Gasteiger partial charge in [0.25, 0.3) is 0 Å². The van der Waals surface area contributed by atoms with E-state index in [1.165, 1.54) is 25.7 Å². The highest BCUT2D eigenvalue weighted by Crippen LogP contribution is 2.73. The Morgan fingerprint density at radius 1 is 1.08 bits per heavy atom. The fourth-order valence-electron chi connectivity index (χ4n) is 10.7. The molecule has 37 heavy (non-hydrogen) atoms. The number of esters is 1. The van der Waals surface area contributed by atoms with Gasteiger partial charge in [-0.1, -0.05) is 46.3 Å². The first kappa shape index (κ1) is 27.6. The van der Waals surface area contributed by atoms with Gasteiger partial charge >= 0.3 is 5.97 Å². The fourth-order valence-corrected chi connectivity index (χ4v) is 10.7. The molecule has 10 atom stereocenters. The molecule has 0 bridgehead atoms. The lowest BCUT2D eigenvalue weighted by Gasteiger charge is -2.64. The molecule has 5 aliphatic rings. The van der Waals surface area contributed by atoms with E-state index >= 15 is 0 Å². The third-order valence-corrected chi connectivity index (χ3v) is 12.8. The molecule has 5 nitrogen and oxygen atoms in total. The Bertz CT molecular complexity index is 947. The maximum absolute atomic E-state index is 11.8. The molecule has 4 aliphatic carbocycles. The minimum absolute atomic E-state index is 0.00350. The molecule has 0 spiro atoms. The van der Waals surface area contributed by atoms with Crippen molar-refractivity contribution in [1.82, 2.24) is 0 Å². The van der Waals surface area contributed by atoms with E-state index in [1.807, 2.05) is 0 Å². The number of ether oxygens (including phenoxy) is 2. The van der Waals surface area contributed by atoms with Crippen LogP contribution in [0.3, 0.4) is 0 Å². The molecular weight excluding hydrogens is 464 g/mol. The predicted octanol–water partition coefficient (Wildman–Crippen LogP) is 6.06. The zero-order chi connectivity index (χ0) is 27.2. The van der Waals surface area contributed by atoms with Gasteiger partial charge in [0.05, 0.1) is 18.3 Å². The molecule has 1 heterocycles. The monoisotopic (exact) mass is 516 g/mol. The lowest BCUT2D eigenvalue weighted by Crippen LogP contribution is -2.59. The fraction of sp³-hybridized carbons (Fsp3) is 0.906. The molecule has 0 aromatic heterocycles. The number of rotatable bonds is 3. The van der Waals surface area contributed by atoms with E-state index in [4.69, 9.17) is 9.47 Å². The van der Waals surface area contributed by atoms with E-state index in [1.54, 1.807) is 26.3 Å². The summed E-state index contributed by atoms with van der Waals surface area (Å²) in [4.78, 5) is 11.8. The maximum atomic E-state index is 11.8. The van der Waals surface area contributed by atoms with Crippen LogP contribution in [0.5, 0.6) is 0 Å². The van der Waals surface area contributed by atoms with Crippen LogP contribution < -0.4 is 0 Å². The third kappa shape index (κ3) is 3.99. The quantitative estimate of drug-likeness (QED) is 0.352. The van der Waals surface area contributed by atoms with Crippen LogP contribution in [0.15, 0.2) is 11.6 Å². The number of aliphatic hydroxyl groups excluding tert-OH is 1. The zero-order valence-corrected chi connectivity index (χ0v) is 24.6. The molecule has 0 aromatic rings. The van der Waals surface area contributed by atoms with Crippen LogP contribution in [-0.2, 0) is 14.3 Å². The van der Waals surface area contributed by atoms with Crippen LogP contribution >= 0.6 is 0 Å². The van der Waals surface area contributed by atoms with Crippen LogP contribution in [0.4, 0.5) is 0 Å². The summed E-state index contributed by atoms with van der Waals surface area (Å²) in [5.41, 5.74) is 1.24. The Kier molecular flexibility index (Phi) is 6.57. The summed E-state index contributed by atoms with van der Waals surface area (Å²) in [5, 5.41) is 21.4. The standard InChI is InChI=1S/C32H52O5/c1-19(33)37-26-13-14-30(6)22-12-16-31(7)21(20-17-24(34)27(36-18-20)29(4,5)35)11-15-32(31,8)23(22)9-10-25(30)28(26,2)3/h9,20-22,24-27,34-35H,10-18H2,1-8H3. The van der Waals surface area contributed by atoms with E-state index in [0.29, 0.717) is 30.3 Å².